The van der Waals surface area contributed by atoms with Crippen LogP contribution in [-0.2, 0) is 24.9 Å². The first kappa shape index (κ1) is 17.0. The minimum absolute atomic E-state index is 0.122. The molecule has 6 rings (SSSR count). The van der Waals surface area contributed by atoms with Gasteiger partial charge in [-0.25, -0.2) is 4.98 Å². The maximum Gasteiger partial charge on any atom is 0.227 e. The van der Waals surface area contributed by atoms with Gasteiger partial charge in [0.2, 0.25) is 5.91 Å². The second-order valence-corrected chi connectivity index (χ2v) is 8.54. The molecule has 0 N–H and O–H groups in total. The van der Waals surface area contributed by atoms with Gasteiger partial charge >= 0.3 is 0 Å². The Bertz CT molecular complexity index is 964. The van der Waals surface area contributed by atoms with Crippen molar-refractivity contribution in [3.05, 3.63) is 52.6 Å². The lowest BCUT2D eigenvalue weighted by Gasteiger charge is -2.35. The molecule has 3 fully saturated rings. The molecule has 1 aromatic carbocycles. The Balaban J connectivity index is 1.37. The first-order valence-corrected chi connectivity index (χ1v) is 10.6. The molecule has 3 aromatic rings. The number of hydrogen-bond donors (Lipinski definition) is 0. The van der Waals surface area contributed by atoms with Gasteiger partial charge < -0.3 is 9.47 Å². The van der Waals surface area contributed by atoms with Crippen LogP contribution >= 0.6 is 11.3 Å². The van der Waals surface area contributed by atoms with E-state index in [4.69, 9.17) is 0 Å². The summed E-state index contributed by atoms with van der Waals surface area (Å²) in [6.45, 7) is 3.37. The van der Waals surface area contributed by atoms with E-state index in [0.29, 0.717) is 18.5 Å². The van der Waals surface area contributed by atoms with Crippen molar-refractivity contribution in [2.45, 2.75) is 32.0 Å². The van der Waals surface area contributed by atoms with Crippen molar-refractivity contribution in [3.8, 4) is 0 Å². The quantitative estimate of drug-likeness (QED) is 0.698. The lowest BCUT2D eigenvalue weighted by Crippen LogP contribution is -2.47. The fourth-order valence-corrected chi connectivity index (χ4v) is 5.23. The zero-order valence-corrected chi connectivity index (χ0v) is 16.4. The lowest BCUT2D eigenvalue weighted by atomic mass is 9.94. The van der Waals surface area contributed by atoms with Gasteiger partial charge in [-0.05, 0) is 30.4 Å². The number of carbonyl (C=O) groups excluding carboxylic acids is 1. The maximum atomic E-state index is 13.0. The third-order valence-corrected chi connectivity index (χ3v) is 6.76. The second-order valence-electron chi connectivity index (χ2n) is 7.82. The zero-order chi connectivity index (χ0) is 18.4. The minimum Gasteiger partial charge on any atom is -0.346 e. The highest BCUT2D eigenvalue weighted by molar-refractivity contribution is 7.07. The Morgan fingerprint density at radius 2 is 2.07 bits per heavy atom. The summed E-state index contributed by atoms with van der Waals surface area (Å²) in [5, 5.41) is 3.34. The summed E-state index contributed by atoms with van der Waals surface area (Å²) >= 11 is 1.60. The van der Waals surface area contributed by atoms with Gasteiger partial charge in [0, 0.05) is 49.3 Å². The van der Waals surface area contributed by atoms with Crippen LogP contribution in [0.15, 0.2) is 41.2 Å². The van der Waals surface area contributed by atoms with E-state index in [9.17, 15) is 4.79 Å². The molecule has 0 unspecified atom stereocenters. The van der Waals surface area contributed by atoms with Gasteiger partial charge in [-0.2, -0.15) is 0 Å². The van der Waals surface area contributed by atoms with Crippen LogP contribution in [0.2, 0.25) is 0 Å². The third kappa shape index (κ3) is 3.07. The molecular weight excluding hydrogens is 356 g/mol. The minimum atomic E-state index is 0.122. The Hall–Kier alpha value is -2.18. The molecule has 3 aliphatic heterocycles. The highest BCUT2D eigenvalue weighted by atomic mass is 32.1. The summed E-state index contributed by atoms with van der Waals surface area (Å²) in [5.41, 5.74) is 5.45. The fourth-order valence-electron chi connectivity index (χ4n) is 4.68. The van der Waals surface area contributed by atoms with Gasteiger partial charge in [-0.15, -0.1) is 11.3 Å². The average molecular weight is 381 g/mol. The number of carbonyl (C=O) groups is 1. The number of aryl methyl sites for hydroxylation is 1. The number of rotatable bonds is 4. The zero-order valence-electron chi connectivity index (χ0n) is 15.5. The summed E-state index contributed by atoms with van der Waals surface area (Å²) in [7, 11) is 2.14. The molecule has 6 heteroatoms. The van der Waals surface area contributed by atoms with Gasteiger partial charge in [-0.1, -0.05) is 18.2 Å². The average Bonchev–Trinajstić information content (AvgIpc) is 3.20. The molecule has 0 saturated carbocycles. The number of amides is 1. The van der Waals surface area contributed by atoms with E-state index >= 15 is 0 Å². The molecular formula is C21H24N4OS. The summed E-state index contributed by atoms with van der Waals surface area (Å²) in [6, 6.07) is 11.1. The smallest absolute Gasteiger partial charge is 0.227 e. The molecule has 2 bridgehead atoms. The first-order valence-electron chi connectivity index (χ1n) is 9.62. The highest BCUT2D eigenvalue weighted by Gasteiger charge is 2.40. The molecule has 1 amide bonds. The molecule has 5 heterocycles. The number of para-hydroxylation sites is 1. The highest BCUT2D eigenvalue weighted by Crippen LogP contribution is 2.31. The summed E-state index contributed by atoms with van der Waals surface area (Å²) in [6.07, 6.45) is 2.12. The standard InChI is InChI=1S/C21H24N4OS/c1-23-19(8-15-4-2-3-5-20(15)23)12-24-9-16-6-7-18(11-24)25(21(16)26)10-17-13-27-14-22-17/h2-5,8,13-14,16,18H,6-7,9-12H2,1H3/t16-,18+/m0/s1. The van der Waals surface area contributed by atoms with Crippen LogP contribution < -0.4 is 0 Å². The van der Waals surface area contributed by atoms with Gasteiger partial charge in [0.25, 0.3) is 0 Å². The largest absolute Gasteiger partial charge is 0.346 e. The normalized spacial score (nSPS) is 23.3. The Labute approximate surface area is 163 Å². The Morgan fingerprint density at radius 1 is 1.19 bits per heavy atom. The van der Waals surface area contributed by atoms with Crippen molar-refractivity contribution in [3.63, 3.8) is 0 Å². The number of hydrogen-bond acceptors (Lipinski definition) is 4. The van der Waals surface area contributed by atoms with Crippen LogP contribution in [0.4, 0.5) is 0 Å². The van der Waals surface area contributed by atoms with Crippen molar-refractivity contribution in [2.24, 2.45) is 13.0 Å². The van der Waals surface area contributed by atoms with E-state index < -0.39 is 0 Å². The summed E-state index contributed by atoms with van der Waals surface area (Å²) in [4.78, 5) is 22.0. The van der Waals surface area contributed by atoms with Crippen molar-refractivity contribution in [2.75, 3.05) is 13.1 Å². The van der Waals surface area contributed by atoms with Gasteiger partial charge in [0.1, 0.15) is 0 Å². The van der Waals surface area contributed by atoms with Crippen molar-refractivity contribution >= 4 is 28.1 Å². The molecule has 140 valence electrons. The maximum absolute atomic E-state index is 13.0. The van der Waals surface area contributed by atoms with E-state index in [1.54, 1.807) is 11.3 Å². The Morgan fingerprint density at radius 3 is 2.89 bits per heavy atom. The van der Waals surface area contributed by atoms with E-state index in [1.807, 2.05) is 5.51 Å². The van der Waals surface area contributed by atoms with Gasteiger partial charge in [0.05, 0.1) is 23.7 Å². The van der Waals surface area contributed by atoms with Crippen LogP contribution in [0.5, 0.6) is 0 Å². The SMILES string of the molecule is Cn1c(CN2C[C@@H]3CC[C@H](C2)N(Cc2cscn2)C3=O)cc2ccccc21. The molecule has 2 atom stereocenters. The van der Waals surface area contributed by atoms with Crippen LogP contribution in [-0.4, -0.2) is 44.4 Å². The van der Waals surface area contributed by atoms with Crippen molar-refractivity contribution in [1.82, 2.24) is 19.4 Å². The predicted molar refractivity (Wildman–Crippen MR) is 107 cm³/mol. The Kier molecular flexibility index (Phi) is 4.25. The van der Waals surface area contributed by atoms with E-state index in [-0.39, 0.29) is 5.92 Å². The molecule has 27 heavy (non-hydrogen) atoms. The monoisotopic (exact) mass is 380 g/mol. The molecule has 5 nitrogen and oxygen atoms in total. The number of fused-ring (bicyclic) bond motifs is 5. The van der Waals surface area contributed by atoms with Crippen LogP contribution in [0.1, 0.15) is 24.2 Å². The van der Waals surface area contributed by atoms with Crippen LogP contribution in [0.25, 0.3) is 10.9 Å². The van der Waals surface area contributed by atoms with Crippen LogP contribution in [0.3, 0.4) is 0 Å². The van der Waals surface area contributed by atoms with Crippen molar-refractivity contribution < 1.29 is 4.79 Å². The fraction of sp³-hybridized carbons (Fsp3) is 0.429. The van der Waals surface area contributed by atoms with Crippen LogP contribution in [0, 0.1) is 5.92 Å². The third-order valence-electron chi connectivity index (χ3n) is 6.12. The molecule has 2 aromatic heterocycles. The molecule has 3 saturated heterocycles. The lowest BCUT2D eigenvalue weighted by molar-refractivity contribution is -0.140. The van der Waals surface area contributed by atoms with E-state index in [0.717, 1.165) is 38.2 Å². The van der Waals surface area contributed by atoms with Gasteiger partial charge in [-0.3, -0.25) is 9.69 Å². The molecule has 3 aliphatic rings. The first-order chi connectivity index (χ1) is 13.2. The van der Waals surface area contributed by atoms with E-state index in [2.05, 4.69) is 62.1 Å². The number of piperidine rings is 1. The predicted octanol–water partition coefficient (Wildman–Crippen LogP) is 3.26. The number of nitrogens with zero attached hydrogens (tertiary/aromatic N) is 4. The van der Waals surface area contributed by atoms with E-state index in [1.165, 1.54) is 16.6 Å². The second kappa shape index (κ2) is 6.77. The summed E-state index contributed by atoms with van der Waals surface area (Å²) < 4.78 is 2.29. The topological polar surface area (TPSA) is 41.4 Å². The number of benzene rings is 1. The summed E-state index contributed by atoms with van der Waals surface area (Å²) in [5.74, 6) is 0.441. The number of aromatic nitrogens is 2. The van der Waals surface area contributed by atoms with Crippen molar-refractivity contribution in [1.29, 1.82) is 0 Å². The molecule has 0 spiro atoms. The molecule has 0 aliphatic carbocycles. The number of thiazole rings is 1. The van der Waals surface area contributed by atoms with Gasteiger partial charge in [0.15, 0.2) is 0 Å². The molecule has 0 radical (unpaired) electrons.